The molecule has 0 aliphatic heterocycles. The summed E-state index contributed by atoms with van der Waals surface area (Å²) in [5.41, 5.74) is 0. The van der Waals surface area contributed by atoms with Crippen molar-refractivity contribution in [3.05, 3.63) is 0 Å². The number of ether oxygens (including phenoxy) is 2. The summed E-state index contributed by atoms with van der Waals surface area (Å²) < 4.78 is 33.6. The zero-order valence-corrected chi connectivity index (χ0v) is 8.83. The predicted molar refractivity (Wildman–Crippen MR) is 48.4 cm³/mol. The minimum atomic E-state index is -3.22. The topological polar surface area (TPSA) is 55.8 Å². The lowest BCUT2D eigenvalue weighted by Crippen LogP contribution is -2.26. The third-order valence-electron chi connectivity index (χ3n) is 1.81. The number of carbonyl (C=O) groups excluding carboxylic acids is 1. The van der Waals surface area contributed by atoms with Crippen LogP contribution in [0.3, 0.4) is 0 Å². The first-order valence-corrected chi connectivity index (χ1v) is 4.68. The Morgan fingerprint density at radius 3 is 2.60 bits per heavy atom. The summed E-state index contributed by atoms with van der Waals surface area (Å²) in [5, 5.41) is 9.19. The second kappa shape index (κ2) is 6.68. The third kappa shape index (κ3) is 7.21. The van der Waals surface area contributed by atoms with E-state index in [-0.39, 0.29) is 12.8 Å². The van der Waals surface area contributed by atoms with Gasteiger partial charge in [-0.2, -0.15) is 8.78 Å². The van der Waals surface area contributed by atoms with Gasteiger partial charge >= 0.3 is 12.1 Å². The van der Waals surface area contributed by atoms with Crippen LogP contribution >= 0.6 is 0 Å². The number of aliphatic hydroxyl groups excluding tert-OH is 1. The molecule has 0 saturated heterocycles. The Kier molecular flexibility index (Phi) is 6.35. The Bertz CT molecular complexity index is 197. The number of hydrogen-bond acceptors (Lipinski definition) is 4. The van der Waals surface area contributed by atoms with Gasteiger partial charge in [-0.3, -0.25) is 4.79 Å². The van der Waals surface area contributed by atoms with Crippen LogP contribution in [-0.4, -0.2) is 37.0 Å². The average molecular weight is 226 g/mol. The molecule has 0 amide bonds. The van der Waals surface area contributed by atoms with Gasteiger partial charge in [0.2, 0.25) is 0 Å². The molecule has 0 bridgehead atoms. The lowest BCUT2D eigenvalue weighted by molar-refractivity contribution is -0.249. The Morgan fingerprint density at radius 1 is 1.53 bits per heavy atom. The van der Waals surface area contributed by atoms with E-state index in [0.29, 0.717) is 0 Å². The van der Waals surface area contributed by atoms with Gasteiger partial charge in [0.05, 0.1) is 19.8 Å². The number of halogens is 2. The third-order valence-corrected chi connectivity index (χ3v) is 1.81. The van der Waals surface area contributed by atoms with Crippen molar-refractivity contribution in [2.24, 2.45) is 0 Å². The van der Waals surface area contributed by atoms with Crippen molar-refractivity contribution in [3.63, 3.8) is 0 Å². The van der Waals surface area contributed by atoms with Crippen LogP contribution in [0.15, 0.2) is 0 Å². The van der Waals surface area contributed by atoms with E-state index in [1.165, 1.54) is 14.0 Å². The normalized spacial score (nSPS) is 13.7. The van der Waals surface area contributed by atoms with E-state index >= 15 is 0 Å². The van der Waals surface area contributed by atoms with Gasteiger partial charge in [-0.05, 0) is 6.42 Å². The van der Waals surface area contributed by atoms with Crippen molar-refractivity contribution in [2.75, 3.05) is 13.7 Å². The van der Waals surface area contributed by atoms with Gasteiger partial charge in [0.15, 0.2) is 0 Å². The lowest BCUT2D eigenvalue weighted by Gasteiger charge is -2.17. The average Bonchev–Trinajstić information content (AvgIpc) is 2.23. The van der Waals surface area contributed by atoms with E-state index in [1.54, 1.807) is 0 Å². The summed E-state index contributed by atoms with van der Waals surface area (Å²) >= 11 is 0. The maximum atomic E-state index is 12.6. The minimum Gasteiger partial charge on any atom is -0.469 e. The van der Waals surface area contributed by atoms with Gasteiger partial charge in [-0.1, -0.05) is 6.92 Å². The molecule has 0 radical (unpaired) electrons. The lowest BCUT2D eigenvalue weighted by atomic mass is 10.2. The highest BCUT2D eigenvalue weighted by Crippen LogP contribution is 2.19. The molecule has 4 nitrogen and oxygen atoms in total. The molecule has 0 fully saturated rings. The van der Waals surface area contributed by atoms with Gasteiger partial charge in [-0.25, -0.2) is 0 Å². The smallest absolute Gasteiger partial charge is 0.355 e. The number of carbonyl (C=O) groups is 1. The quantitative estimate of drug-likeness (QED) is 0.665. The van der Waals surface area contributed by atoms with Crippen molar-refractivity contribution in [3.8, 4) is 0 Å². The van der Waals surface area contributed by atoms with Crippen molar-refractivity contribution in [2.45, 2.75) is 38.4 Å². The van der Waals surface area contributed by atoms with Crippen molar-refractivity contribution < 1.29 is 28.2 Å². The number of methoxy groups -OCH3 is 1. The molecule has 0 spiro atoms. The number of esters is 1. The molecule has 0 saturated carbocycles. The summed E-state index contributed by atoms with van der Waals surface area (Å²) in [6.07, 6.45) is -4.71. The van der Waals surface area contributed by atoms with E-state index in [9.17, 15) is 18.7 Å². The Balaban J connectivity index is 3.66. The standard InChI is InChI=1S/C9H16F2O4/c1-3-9(10,11)15-6-7(12)4-5-8(13)14-2/h7,12H,3-6H2,1-2H3. The van der Waals surface area contributed by atoms with Crippen molar-refractivity contribution in [1.82, 2.24) is 0 Å². The number of aliphatic hydroxyl groups is 1. The molecule has 0 aromatic rings. The minimum absolute atomic E-state index is 0.0152. The first kappa shape index (κ1) is 14.2. The van der Waals surface area contributed by atoms with Gasteiger partial charge < -0.3 is 14.6 Å². The molecule has 1 atom stereocenters. The van der Waals surface area contributed by atoms with Crippen LogP contribution in [0.2, 0.25) is 0 Å². The largest absolute Gasteiger partial charge is 0.469 e. The Labute approximate surface area is 87.2 Å². The first-order chi connectivity index (χ1) is 6.91. The zero-order chi connectivity index (χ0) is 11.9. The van der Waals surface area contributed by atoms with Crippen LogP contribution in [-0.2, 0) is 14.3 Å². The van der Waals surface area contributed by atoms with E-state index < -0.39 is 31.2 Å². The highest BCUT2D eigenvalue weighted by atomic mass is 19.3. The van der Waals surface area contributed by atoms with E-state index in [4.69, 9.17) is 0 Å². The fraction of sp³-hybridized carbons (Fsp3) is 0.889. The molecule has 1 N–H and O–H groups in total. The number of rotatable bonds is 7. The second-order valence-corrected chi connectivity index (χ2v) is 3.07. The summed E-state index contributed by atoms with van der Waals surface area (Å²) in [6.45, 7) is 0.790. The molecule has 6 heteroatoms. The first-order valence-electron chi connectivity index (χ1n) is 4.68. The van der Waals surface area contributed by atoms with Crippen LogP contribution in [0.5, 0.6) is 0 Å². The molecule has 0 aromatic carbocycles. The molecule has 0 rings (SSSR count). The molecular formula is C9H16F2O4. The maximum absolute atomic E-state index is 12.6. The van der Waals surface area contributed by atoms with Crippen LogP contribution in [0.1, 0.15) is 26.2 Å². The van der Waals surface area contributed by atoms with E-state index in [1.807, 2.05) is 0 Å². The highest BCUT2D eigenvalue weighted by molar-refractivity contribution is 5.69. The second-order valence-electron chi connectivity index (χ2n) is 3.07. The fourth-order valence-electron chi connectivity index (χ4n) is 0.790. The molecule has 0 aliphatic rings. The molecule has 15 heavy (non-hydrogen) atoms. The molecule has 1 unspecified atom stereocenters. The summed E-state index contributed by atoms with van der Waals surface area (Å²) in [4.78, 5) is 10.7. The van der Waals surface area contributed by atoms with Gasteiger partial charge in [0.1, 0.15) is 0 Å². The van der Waals surface area contributed by atoms with E-state index in [2.05, 4.69) is 9.47 Å². The van der Waals surface area contributed by atoms with Crippen LogP contribution in [0.4, 0.5) is 8.78 Å². The molecule has 0 aromatic heterocycles. The van der Waals surface area contributed by atoms with E-state index in [0.717, 1.165) is 0 Å². The van der Waals surface area contributed by atoms with Gasteiger partial charge in [-0.15, -0.1) is 0 Å². The molecular weight excluding hydrogens is 210 g/mol. The van der Waals surface area contributed by atoms with Crippen LogP contribution in [0.25, 0.3) is 0 Å². The van der Waals surface area contributed by atoms with Gasteiger partial charge in [0, 0.05) is 12.8 Å². The molecule has 0 heterocycles. The Hall–Kier alpha value is -0.750. The summed E-state index contributed by atoms with van der Waals surface area (Å²) in [6, 6.07) is 0. The van der Waals surface area contributed by atoms with Gasteiger partial charge in [0.25, 0.3) is 0 Å². The number of hydrogen-bond donors (Lipinski definition) is 1. The molecule has 90 valence electrons. The maximum Gasteiger partial charge on any atom is 0.355 e. The SMILES string of the molecule is CCC(F)(F)OCC(O)CCC(=O)OC. The predicted octanol–water partition coefficient (Wildman–Crippen LogP) is 1.32. The zero-order valence-electron chi connectivity index (χ0n) is 8.83. The highest BCUT2D eigenvalue weighted by Gasteiger charge is 2.27. The van der Waals surface area contributed by atoms with Crippen LogP contribution < -0.4 is 0 Å². The van der Waals surface area contributed by atoms with Crippen molar-refractivity contribution in [1.29, 1.82) is 0 Å². The number of alkyl halides is 2. The fourth-order valence-corrected chi connectivity index (χ4v) is 0.790. The monoisotopic (exact) mass is 226 g/mol. The van der Waals surface area contributed by atoms with Crippen molar-refractivity contribution >= 4 is 5.97 Å². The summed E-state index contributed by atoms with van der Waals surface area (Å²) in [5.74, 6) is -0.490. The van der Waals surface area contributed by atoms with Crippen LogP contribution in [0, 0.1) is 0 Å². The summed E-state index contributed by atoms with van der Waals surface area (Å²) in [7, 11) is 1.22. The Morgan fingerprint density at radius 2 is 2.13 bits per heavy atom. The molecule has 0 aliphatic carbocycles.